The third-order valence-electron chi connectivity index (χ3n) is 2.56. The van der Waals surface area contributed by atoms with Crippen molar-refractivity contribution in [2.75, 3.05) is 0 Å². The third-order valence-corrected chi connectivity index (χ3v) is 3.33. The Labute approximate surface area is 99.0 Å². The van der Waals surface area contributed by atoms with Gasteiger partial charge in [-0.1, -0.05) is 18.2 Å². The van der Waals surface area contributed by atoms with Crippen molar-refractivity contribution >= 4 is 17.1 Å². The molecule has 0 saturated carbocycles. The first kappa shape index (κ1) is 11.0. The maximum absolute atomic E-state index is 12.1. The number of carbonyl (C=O) groups is 1. The second-order valence-electron chi connectivity index (χ2n) is 3.79. The summed E-state index contributed by atoms with van der Waals surface area (Å²) in [6, 6.07) is 5.93. The van der Waals surface area contributed by atoms with Crippen LogP contribution in [0.4, 0.5) is 0 Å². The minimum atomic E-state index is 0.158. The number of Topliss-reactive ketones (excluding diaryl/α,β-unsaturated/α-hetero) is 1. The maximum Gasteiger partial charge on any atom is 0.170 e. The molecule has 0 fully saturated rings. The number of benzene rings is 1. The van der Waals surface area contributed by atoms with Gasteiger partial charge >= 0.3 is 0 Å². The third kappa shape index (κ3) is 2.19. The maximum atomic E-state index is 12.1. The lowest BCUT2D eigenvalue weighted by Crippen LogP contribution is -2.07. The SMILES string of the molecule is Cc1cccc(C)c1C(=O)Cc1nccs1. The van der Waals surface area contributed by atoms with E-state index in [4.69, 9.17) is 0 Å². The predicted octanol–water partition coefficient (Wildman–Crippen LogP) is 3.19. The van der Waals surface area contributed by atoms with E-state index in [1.54, 1.807) is 6.20 Å². The van der Waals surface area contributed by atoms with Crippen molar-refractivity contribution in [3.05, 3.63) is 51.5 Å². The summed E-state index contributed by atoms with van der Waals surface area (Å²) in [6.45, 7) is 3.95. The lowest BCUT2D eigenvalue weighted by atomic mass is 9.98. The van der Waals surface area contributed by atoms with Crippen molar-refractivity contribution < 1.29 is 4.79 Å². The molecule has 1 heterocycles. The Morgan fingerprint density at radius 1 is 1.31 bits per heavy atom. The summed E-state index contributed by atoms with van der Waals surface area (Å²) in [6.07, 6.45) is 2.14. The summed E-state index contributed by atoms with van der Waals surface area (Å²) in [5.41, 5.74) is 2.93. The Hall–Kier alpha value is -1.48. The molecule has 0 aliphatic heterocycles. The van der Waals surface area contributed by atoms with Gasteiger partial charge in [-0.3, -0.25) is 4.79 Å². The Balaban J connectivity index is 2.28. The summed E-state index contributed by atoms with van der Waals surface area (Å²) in [7, 11) is 0. The highest BCUT2D eigenvalue weighted by Gasteiger charge is 2.13. The van der Waals surface area contributed by atoms with Gasteiger partial charge in [-0.05, 0) is 25.0 Å². The van der Waals surface area contributed by atoms with Crippen LogP contribution in [0.2, 0.25) is 0 Å². The lowest BCUT2D eigenvalue weighted by Gasteiger charge is -2.07. The molecule has 0 aliphatic rings. The van der Waals surface area contributed by atoms with Crippen LogP contribution in [0.5, 0.6) is 0 Å². The number of aromatic nitrogens is 1. The van der Waals surface area contributed by atoms with Crippen LogP contribution in [0.15, 0.2) is 29.8 Å². The van der Waals surface area contributed by atoms with Crippen LogP contribution in [-0.2, 0) is 6.42 Å². The van der Waals surface area contributed by atoms with Gasteiger partial charge < -0.3 is 0 Å². The molecule has 0 amide bonds. The minimum absolute atomic E-state index is 0.158. The molecule has 3 heteroatoms. The van der Waals surface area contributed by atoms with Crippen LogP contribution in [0.25, 0.3) is 0 Å². The summed E-state index contributed by atoms with van der Waals surface area (Å²) in [5.74, 6) is 0.158. The first-order chi connectivity index (χ1) is 7.68. The van der Waals surface area contributed by atoms with Gasteiger partial charge in [0.2, 0.25) is 0 Å². The van der Waals surface area contributed by atoms with Crippen molar-refractivity contribution in [1.82, 2.24) is 4.98 Å². The highest BCUT2D eigenvalue weighted by molar-refractivity contribution is 7.09. The van der Waals surface area contributed by atoms with Gasteiger partial charge in [0.1, 0.15) is 5.01 Å². The predicted molar refractivity (Wildman–Crippen MR) is 66.1 cm³/mol. The molecule has 0 N–H and O–H groups in total. The minimum Gasteiger partial charge on any atom is -0.294 e. The Kier molecular flexibility index (Phi) is 3.15. The Bertz CT molecular complexity index is 482. The molecule has 0 unspecified atom stereocenters. The number of nitrogens with zero attached hydrogens (tertiary/aromatic N) is 1. The van der Waals surface area contributed by atoms with Gasteiger partial charge in [0, 0.05) is 17.1 Å². The molecule has 82 valence electrons. The normalized spacial score (nSPS) is 10.4. The molecular weight excluding hydrogens is 218 g/mol. The smallest absolute Gasteiger partial charge is 0.170 e. The van der Waals surface area contributed by atoms with Crippen molar-refractivity contribution in [2.24, 2.45) is 0 Å². The molecule has 0 spiro atoms. The number of hydrogen-bond donors (Lipinski definition) is 0. The van der Waals surface area contributed by atoms with Crippen LogP contribution in [0.3, 0.4) is 0 Å². The molecule has 0 atom stereocenters. The fourth-order valence-electron chi connectivity index (χ4n) is 1.82. The molecule has 0 radical (unpaired) electrons. The van der Waals surface area contributed by atoms with E-state index >= 15 is 0 Å². The highest BCUT2D eigenvalue weighted by atomic mass is 32.1. The topological polar surface area (TPSA) is 30.0 Å². The number of carbonyl (C=O) groups excluding carboxylic acids is 1. The van der Waals surface area contributed by atoms with E-state index in [1.807, 2.05) is 37.4 Å². The number of thiazole rings is 1. The van der Waals surface area contributed by atoms with Gasteiger partial charge in [-0.2, -0.15) is 0 Å². The zero-order valence-electron chi connectivity index (χ0n) is 9.36. The standard InChI is InChI=1S/C13H13NOS/c1-9-4-3-5-10(2)13(9)11(15)8-12-14-6-7-16-12/h3-7H,8H2,1-2H3. The van der Waals surface area contributed by atoms with Crippen molar-refractivity contribution in [1.29, 1.82) is 0 Å². The van der Waals surface area contributed by atoms with E-state index in [9.17, 15) is 4.79 Å². The molecule has 0 aliphatic carbocycles. The number of ketones is 1. The summed E-state index contributed by atoms with van der Waals surface area (Å²) in [4.78, 5) is 16.3. The van der Waals surface area contributed by atoms with E-state index < -0.39 is 0 Å². The summed E-state index contributed by atoms with van der Waals surface area (Å²) < 4.78 is 0. The average Bonchev–Trinajstić information content (AvgIpc) is 2.70. The van der Waals surface area contributed by atoms with Crippen molar-refractivity contribution in [3.8, 4) is 0 Å². The van der Waals surface area contributed by atoms with E-state index in [2.05, 4.69) is 4.98 Å². The van der Waals surface area contributed by atoms with Crippen LogP contribution < -0.4 is 0 Å². The molecule has 1 aromatic heterocycles. The van der Waals surface area contributed by atoms with Crippen LogP contribution in [0, 0.1) is 13.8 Å². The molecular formula is C13H13NOS. The number of hydrogen-bond acceptors (Lipinski definition) is 3. The molecule has 1 aromatic carbocycles. The van der Waals surface area contributed by atoms with Crippen molar-refractivity contribution in [2.45, 2.75) is 20.3 Å². The molecule has 16 heavy (non-hydrogen) atoms. The second-order valence-corrected chi connectivity index (χ2v) is 4.77. The van der Waals surface area contributed by atoms with Crippen LogP contribution >= 0.6 is 11.3 Å². The van der Waals surface area contributed by atoms with E-state index in [1.165, 1.54) is 11.3 Å². The number of rotatable bonds is 3. The first-order valence-corrected chi connectivity index (χ1v) is 6.04. The Morgan fingerprint density at radius 3 is 2.56 bits per heavy atom. The van der Waals surface area contributed by atoms with Gasteiger partial charge in [0.05, 0.1) is 6.42 Å². The average molecular weight is 231 g/mol. The Morgan fingerprint density at radius 2 is 2.00 bits per heavy atom. The first-order valence-electron chi connectivity index (χ1n) is 5.16. The molecule has 0 bridgehead atoms. The molecule has 0 saturated heterocycles. The zero-order valence-corrected chi connectivity index (χ0v) is 10.2. The quantitative estimate of drug-likeness (QED) is 0.759. The summed E-state index contributed by atoms with van der Waals surface area (Å²) in [5, 5.41) is 2.78. The van der Waals surface area contributed by atoms with Gasteiger partial charge in [0.15, 0.2) is 5.78 Å². The van der Waals surface area contributed by atoms with E-state index in [0.29, 0.717) is 6.42 Å². The fraction of sp³-hybridized carbons (Fsp3) is 0.231. The van der Waals surface area contributed by atoms with Gasteiger partial charge in [-0.15, -0.1) is 11.3 Å². The lowest BCUT2D eigenvalue weighted by molar-refractivity contribution is 0.0992. The second kappa shape index (κ2) is 4.58. The molecule has 2 nitrogen and oxygen atoms in total. The summed E-state index contributed by atoms with van der Waals surface area (Å²) >= 11 is 1.53. The van der Waals surface area contributed by atoms with Crippen molar-refractivity contribution in [3.63, 3.8) is 0 Å². The fourth-order valence-corrected chi connectivity index (χ4v) is 2.44. The largest absolute Gasteiger partial charge is 0.294 e. The molecule has 2 aromatic rings. The van der Waals surface area contributed by atoms with E-state index in [-0.39, 0.29) is 5.78 Å². The molecule has 2 rings (SSSR count). The zero-order chi connectivity index (χ0) is 11.5. The van der Waals surface area contributed by atoms with Crippen LogP contribution in [-0.4, -0.2) is 10.8 Å². The monoisotopic (exact) mass is 231 g/mol. The van der Waals surface area contributed by atoms with E-state index in [0.717, 1.165) is 21.7 Å². The number of aryl methyl sites for hydroxylation is 2. The van der Waals surface area contributed by atoms with Gasteiger partial charge in [-0.25, -0.2) is 4.98 Å². The highest BCUT2D eigenvalue weighted by Crippen LogP contribution is 2.17. The van der Waals surface area contributed by atoms with Gasteiger partial charge in [0.25, 0.3) is 0 Å². The van der Waals surface area contributed by atoms with Crippen LogP contribution in [0.1, 0.15) is 26.5 Å².